The number of carbonyl (C=O) groups excluding carboxylic acids is 3. The Kier molecular flexibility index (Phi) is 8.61. The molecule has 0 aliphatic carbocycles. The maximum absolute atomic E-state index is 13.5. The Morgan fingerprint density at radius 2 is 1.32 bits per heavy atom. The van der Waals surface area contributed by atoms with Crippen LogP contribution in [-0.4, -0.2) is 56.4 Å². The van der Waals surface area contributed by atoms with Crippen LogP contribution in [-0.2, 0) is 28.3 Å². The minimum atomic E-state index is -3.07. The second-order valence-electron chi connectivity index (χ2n) is 11.1. The molecule has 0 bridgehead atoms. The molecular weight excluding hydrogens is 522 g/mol. The molecule has 1 amide bonds. The third-order valence-electron chi connectivity index (χ3n) is 7.48. The van der Waals surface area contributed by atoms with Crippen molar-refractivity contribution in [2.75, 3.05) is 7.11 Å². The van der Waals surface area contributed by atoms with Gasteiger partial charge in [0.25, 0.3) is 14.2 Å². The lowest BCUT2D eigenvalue weighted by Crippen LogP contribution is -2.72. The molecule has 4 rings (SSSR count). The van der Waals surface area contributed by atoms with Crippen molar-refractivity contribution in [2.24, 2.45) is 0 Å². The van der Waals surface area contributed by atoms with Crippen LogP contribution < -0.4 is 10.4 Å². The Morgan fingerprint density at radius 3 is 1.75 bits per heavy atom. The molecule has 7 nitrogen and oxygen atoms in total. The summed E-state index contributed by atoms with van der Waals surface area (Å²) in [6.45, 7) is 9.53. The number of rotatable bonds is 9. The smallest absolute Gasteiger partial charge is 0.331 e. The maximum atomic E-state index is 13.5. The van der Waals surface area contributed by atoms with Crippen molar-refractivity contribution in [3.8, 4) is 0 Å². The Hall–Kier alpha value is -3.75. The first kappa shape index (κ1) is 29.2. The number of carbonyl (C=O) groups is 3. The zero-order chi connectivity index (χ0) is 29.1. The third kappa shape index (κ3) is 5.33. The van der Waals surface area contributed by atoms with Gasteiger partial charge in [-0.05, 0) is 27.9 Å². The normalized spacial score (nSPS) is 18.9. The van der Waals surface area contributed by atoms with E-state index < -0.39 is 50.5 Å². The molecule has 0 spiro atoms. The number of β-lactam (4-membered cyclic amide) rings is 1. The summed E-state index contributed by atoms with van der Waals surface area (Å²) in [5.41, 5.74) is 0.750. The van der Waals surface area contributed by atoms with Crippen LogP contribution in [0.2, 0.25) is 5.04 Å². The van der Waals surface area contributed by atoms with E-state index >= 15 is 0 Å². The third-order valence-corrected chi connectivity index (χ3v) is 12.6. The van der Waals surface area contributed by atoms with E-state index in [0.29, 0.717) is 0 Å². The van der Waals surface area contributed by atoms with Crippen molar-refractivity contribution in [3.05, 3.63) is 96.6 Å². The average molecular weight is 560 g/mol. The Balaban J connectivity index is 1.83. The van der Waals surface area contributed by atoms with Gasteiger partial charge in [-0.2, -0.15) is 0 Å². The van der Waals surface area contributed by atoms with Crippen LogP contribution >= 0.6 is 0 Å². The van der Waals surface area contributed by atoms with Gasteiger partial charge in [0, 0.05) is 6.92 Å². The molecule has 1 heterocycles. The number of ether oxygens (including phenoxy) is 2. The molecule has 3 aromatic rings. The van der Waals surface area contributed by atoms with E-state index in [2.05, 4.69) is 45.0 Å². The monoisotopic (exact) mass is 559 g/mol. The summed E-state index contributed by atoms with van der Waals surface area (Å²) >= 11 is 0. The second kappa shape index (κ2) is 11.8. The van der Waals surface area contributed by atoms with Crippen LogP contribution in [0, 0.1) is 0 Å². The first-order valence-electron chi connectivity index (χ1n) is 13.4. The van der Waals surface area contributed by atoms with E-state index in [1.807, 2.05) is 73.7 Å². The van der Waals surface area contributed by atoms with Gasteiger partial charge in [-0.1, -0.05) is 112 Å². The number of likely N-dealkylation sites (tertiary alicyclic amines) is 1. The number of esters is 2. The summed E-state index contributed by atoms with van der Waals surface area (Å²) in [4.78, 5) is 40.3. The van der Waals surface area contributed by atoms with E-state index in [1.54, 1.807) is 0 Å². The Morgan fingerprint density at radius 1 is 0.850 bits per heavy atom. The summed E-state index contributed by atoms with van der Waals surface area (Å²) in [7, 11) is -1.76. The molecule has 1 aliphatic rings. The highest BCUT2D eigenvalue weighted by molar-refractivity contribution is 6.99. The molecule has 1 fully saturated rings. The minimum absolute atomic E-state index is 0.345. The quantitative estimate of drug-likeness (QED) is 0.224. The van der Waals surface area contributed by atoms with Gasteiger partial charge in [0.2, 0.25) is 6.10 Å². The summed E-state index contributed by atoms with van der Waals surface area (Å²) in [5, 5.41) is 1.76. The molecule has 0 saturated carbocycles. The van der Waals surface area contributed by atoms with Gasteiger partial charge in [0.05, 0.1) is 13.2 Å². The van der Waals surface area contributed by atoms with Gasteiger partial charge in [0.1, 0.15) is 6.04 Å². The molecule has 4 atom stereocenters. The molecule has 8 heteroatoms. The number of benzene rings is 3. The van der Waals surface area contributed by atoms with Crippen molar-refractivity contribution in [1.82, 2.24) is 4.90 Å². The fourth-order valence-electron chi connectivity index (χ4n) is 5.76. The van der Waals surface area contributed by atoms with Crippen molar-refractivity contribution in [1.29, 1.82) is 0 Å². The van der Waals surface area contributed by atoms with Gasteiger partial charge in [-0.25, -0.2) is 4.79 Å². The molecule has 0 aromatic heterocycles. The van der Waals surface area contributed by atoms with Crippen LogP contribution in [0.5, 0.6) is 0 Å². The largest absolute Gasteiger partial charge is 0.467 e. The standard InChI is InChI=1S/C32H37NO6Si/c1-22(39-40(32(3,4)5,25-18-12-8-13-19-25)26-20-14-9-15-21-26)27(31(36)37-6)33-28(24-16-10-7-11-17-24)29(30(33)35)38-23(2)34/h7-22,27-29H,1-6H3. The van der Waals surface area contributed by atoms with Crippen LogP contribution in [0.3, 0.4) is 0 Å². The van der Waals surface area contributed by atoms with Crippen LogP contribution in [0.4, 0.5) is 0 Å². The zero-order valence-electron chi connectivity index (χ0n) is 23.9. The van der Waals surface area contributed by atoms with Gasteiger partial charge in [-0.15, -0.1) is 0 Å². The first-order chi connectivity index (χ1) is 19.0. The van der Waals surface area contributed by atoms with Crippen molar-refractivity contribution in [3.63, 3.8) is 0 Å². The molecule has 40 heavy (non-hydrogen) atoms. The van der Waals surface area contributed by atoms with Crippen molar-refractivity contribution >= 4 is 36.5 Å². The first-order valence-corrected chi connectivity index (χ1v) is 15.3. The highest BCUT2D eigenvalue weighted by Gasteiger charge is 2.59. The predicted molar refractivity (Wildman–Crippen MR) is 156 cm³/mol. The molecule has 210 valence electrons. The van der Waals surface area contributed by atoms with Crippen LogP contribution in [0.15, 0.2) is 91.0 Å². The molecule has 1 aliphatic heterocycles. The fourth-order valence-corrected chi connectivity index (χ4v) is 10.5. The van der Waals surface area contributed by atoms with Gasteiger partial charge in [-0.3, -0.25) is 9.59 Å². The molecule has 4 unspecified atom stereocenters. The number of hydrogen-bond acceptors (Lipinski definition) is 6. The number of amides is 1. The van der Waals surface area contributed by atoms with Crippen molar-refractivity contribution in [2.45, 2.75) is 63.9 Å². The molecule has 1 saturated heterocycles. The highest BCUT2D eigenvalue weighted by atomic mass is 28.4. The van der Waals surface area contributed by atoms with Gasteiger partial charge in [0.15, 0.2) is 6.04 Å². The maximum Gasteiger partial charge on any atom is 0.331 e. The molecule has 0 N–H and O–H groups in total. The van der Waals surface area contributed by atoms with E-state index in [1.165, 1.54) is 18.9 Å². The Labute approximate surface area is 237 Å². The predicted octanol–water partition coefficient (Wildman–Crippen LogP) is 4.01. The second-order valence-corrected chi connectivity index (χ2v) is 15.3. The van der Waals surface area contributed by atoms with Gasteiger partial charge >= 0.3 is 11.9 Å². The summed E-state index contributed by atoms with van der Waals surface area (Å²) < 4.78 is 17.9. The SMILES string of the molecule is COC(=O)C(C(C)O[Si](c1ccccc1)(c1ccccc1)C(C)(C)C)N1C(=O)C(OC(C)=O)C1c1ccccc1. The number of nitrogens with zero attached hydrogens (tertiary/aromatic N) is 1. The average Bonchev–Trinajstić information content (AvgIpc) is 2.95. The van der Waals surface area contributed by atoms with Gasteiger partial charge < -0.3 is 18.8 Å². The molecular formula is C32H37NO6Si. The summed E-state index contributed by atoms with van der Waals surface area (Å²) in [6.07, 6.45) is -1.79. The summed E-state index contributed by atoms with van der Waals surface area (Å²) in [6, 6.07) is 27.7. The number of methoxy groups -OCH3 is 1. The van der Waals surface area contributed by atoms with E-state index in [4.69, 9.17) is 13.9 Å². The van der Waals surface area contributed by atoms with Crippen LogP contribution in [0.1, 0.15) is 46.2 Å². The van der Waals surface area contributed by atoms with E-state index in [9.17, 15) is 14.4 Å². The van der Waals surface area contributed by atoms with Crippen molar-refractivity contribution < 1.29 is 28.3 Å². The minimum Gasteiger partial charge on any atom is -0.467 e. The fraction of sp³-hybridized carbons (Fsp3) is 0.344. The highest BCUT2D eigenvalue weighted by Crippen LogP contribution is 2.42. The van der Waals surface area contributed by atoms with E-state index in [0.717, 1.165) is 15.9 Å². The zero-order valence-corrected chi connectivity index (χ0v) is 24.9. The molecule has 0 radical (unpaired) electrons. The lowest BCUT2D eigenvalue weighted by atomic mass is 9.87. The lowest BCUT2D eigenvalue weighted by molar-refractivity contribution is -0.194. The Bertz CT molecular complexity index is 1290. The number of hydrogen-bond donors (Lipinski definition) is 0. The molecule has 3 aromatic carbocycles. The topological polar surface area (TPSA) is 82.1 Å². The lowest BCUT2D eigenvalue weighted by Gasteiger charge is -2.52. The van der Waals surface area contributed by atoms with E-state index in [-0.39, 0.29) is 5.04 Å². The van der Waals surface area contributed by atoms with Crippen LogP contribution in [0.25, 0.3) is 0 Å². The summed E-state index contributed by atoms with van der Waals surface area (Å²) in [5.74, 6) is -1.62.